The zero-order valence-electron chi connectivity index (χ0n) is 13.6. The molecule has 2 aliphatic rings. The van der Waals surface area contributed by atoms with E-state index in [-0.39, 0.29) is 18.0 Å². The second-order valence-corrected chi connectivity index (χ2v) is 6.17. The molecular formula is C18H19N3O3. The Labute approximate surface area is 140 Å². The standard InChI is InChI=1S/C18H19N3O3/c1-10-15-7-11-5-3-4-6-14(11)21(15)18(22)12-8-16(23-2)17(24-19)9-13(12)20-10/h3-6,8-10,15,20H,7,19H2,1-2H3. The molecule has 0 saturated carbocycles. The number of fused-ring (bicyclic) bond motifs is 4. The fourth-order valence-electron chi connectivity index (χ4n) is 3.65. The molecule has 0 aliphatic carbocycles. The second kappa shape index (κ2) is 5.42. The van der Waals surface area contributed by atoms with Crippen molar-refractivity contribution in [3.63, 3.8) is 0 Å². The third-order valence-electron chi connectivity index (χ3n) is 4.85. The van der Waals surface area contributed by atoms with Crippen LogP contribution in [0.5, 0.6) is 11.5 Å². The molecule has 124 valence electrons. The summed E-state index contributed by atoms with van der Waals surface area (Å²) < 4.78 is 5.30. The van der Waals surface area contributed by atoms with Gasteiger partial charge in [-0.1, -0.05) is 18.2 Å². The highest BCUT2D eigenvalue weighted by molar-refractivity contribution is 6.12. The Morgan fingerprint density at radius 3 is 2.79 bits per heavy atom. The van der Waals surface area contributed by atoms with Gasteiger partial charge in [-0.15, -0.1) is 0 Å². The summed E-state index contributed by atoms with van der Waals surface area (Å²) >= 11 is 0. The van der Waals surface area contributed by atoms with Gasteiger partial charge in [0.1, 0.15) is 0 Å². The summed E-state index contributed by atoms with van der Waals surface area (Å²) in [5, 5.41) is 3.43. The van der Waals surface area contributed by atoms with Crippen molar-refractivity contribution in [1.29, 1.82) is 0 Å². The summed E-state index contributed by atoms with van der Waals surface area (Å²) in [6, 6.07) is 11.6. The van der Waals surface area contributed by atoms with Crippen LogP contribution >= 0.6 is 0 Å². The van der Waals surface area contributed by atoms with Crippen molar-refractivity contribution in [1.82, 2.24) is 0 Å². The quantitative estimate of drug-likeness (QED) is 0.829. The monoisotopic (exact) mass is 325 g/mol. The van der Waals surface area contributed by atoms with Gasteiger partial charge in [-0.3, -0.25) is 4.79 Å². The number of carbonyl (C=O) groups excluding carboxylic acids is 1. The molecule has 6 nitrogen and oxygen atoms in total. The molecule has 0 radical (unpaired) electrons. The first-order chi connectivity index (χ1) is 11.6. The van der Waals surface area contributed by atoms with Gasteiger partial charge in [0.2, 0.25) is 0 Å². The molecule has 3 N–H and O–H groups in total. The van der Waals surface area contributed by atoms with E-state index in [1.165, 1.54) is 12.7 Å². The van der Waals surface area contributed by atoms with Gasteiger partial charge in [-0.2, -0.15) is 5.90 Å². The number of hydrogen-bond acceptors (Lipinski definition) is 5. The number of methoxy groups -OCH3 is 1. The van der Waals surface area contributed by atoms with E-state index in [2.05, 4.69) is 18.3 Å². The van der Waals surface area contributed by atoms with Crippen molar-refractivity contribution in [2.24, 2.45) is 5.90 Å². The van der Waals surface area contributed by atoms with E-state index in [4.69, 9.17) is 15.5 Å². The average Bonchev–Trinajstić information content (AvgIpc) is 2.96. The lowest BCUT2D eigenvalue weighted by molar-refractivity contribution is 0.0981. The smallest absolute Gasteiger partial charge is 0.260 e. The lowest BCUT2D eigenvalue weighted by Gasteiger charge is -2.27. The van der Waals surface area contributed by atoms with Gasteiger partial charge in [0.25, 0.3) is 5.91 Å². The van der Waals surface area contributed by atoms with E-state index < -0.39 is 0 Å². The van der Waals surface area contributed by atoms with Crippen LogP contribution in [-0.4, -0.2) is 25.1 Å². The number of carbonyl (C=O) groups is 1. The minimum absolute atomic E-state index is 0.0429. The predicted octanol–water partition coefficient (Wildman–Crippen LogP) is 2.33. The fourth-order valence-corrected chi connectivity index (χ4v) is 3.65. The van der Waals surface area contributed by atoms with E-state index in [9.17, 15) is 4.79 Å². The third kappa shape index (κ3) is 2.03. The molecule has 0 saturated heterocycles. The van der Waals surface area contributed by atoms with Gasteiger partial charge in [-0.25, -0.2) is 0 Å². The summed E-state index contributed by atoms with van der Waals surface area (Å²) in [4.78, 5) is 20.0. The molecule has 6 heteroatoms. The number of hydrogen-bond donors (Lipinski definition) is 2. The fraction of sp³-hybridized carbons (Fsp3) is 0.278. The van der Waals surface area contributed by atoms with Crippen LogP contribution in [0.3, 0.4) is 0 Å². The molecule has 0 bridgehead atoms. The number of rotatable bonds is 2. The van der Waals surface area contributed by atoms with Crippen molar-refractivity contribution in [2.75, 3.05) is 17.3 Å². The minimum Gasteiger partial charge on any atom is -0.493 e. The summed E-state index contributed by atoms with van der Waals surface area (Å²) in [5.41, 5.74) is 3.44. The molecule has 2 atom stereocenters. The summed E-state index contributed by atoms with van der Waals surface area (Å²) in [6.07, 6.45) is 0.835. The lowest BCUT2D eigenvalue weighted by atomic mass is 10.0. The van der Waals surface area contributed by atoms with Crippen molar-refractivity contribution in [2.45, 2.75) is 25.4 Å². The molecule has 2 heterocycles. The Hall–Kier alpha value is -2.73. The highest BCUT2D eigenvalue weighted by Crippen LogP contribution is 2.41. The van der Waals surface area contributed by atoms with E-state index in [1.54, 1.807) is 12.1 Å². The van der Waals surface area contributed by atoms with Crippen LogP contribution in [0.15, 0.2) is 36.4 Å². The number of ether oxygens (including phenoxy) is 1. The van der Waals surface area contributed by atoms with Gasteiger partial charge < -0.3 is 19.8 Å². The van der Waals surface area contributed by atoms with Crippen LogP contribution in [0.1, 0.15) is 22.8 Å². The van der Waals surface area contributed by atoms with Crippen molar-refractivity contribution in [3.05, 3.63) is 47.5 Å². The topological polar surface area (TPSA) is 76.8 Å². The summed E-state index contributed by atoms with van der Waals surface area (Å²) in [7, 11) is 1.52. The van der Waals surface area contributed by atoms with E-state index >= 15 is 0 Å². The predicted molar refractivity (Wildman–Crippen MR) is 91.6 cm³/mol. The number of amides is 1. The average molecular weight is 325 g/mol. The molecule has 1 amide bonds. The summed E-state index contributed by atoms with van der Waals surface area (Å²) in [5.74, 6) is 6.11. The number of nitrogens with one attached hydrogen (secondary N) is 1. The lowest BCUT2D eigenvalue weighted by Crippen LogP contribution is -2.44. The van der Waals surface area contributed by atoms with E-state index in [0.717, 1.165) is 12.1 Å². The third-order valence-corrected chi connectivity index (χ3v) is 4.85. The molecule has 4 rings (SSSR count). The van der Waals surface area contributed by atoms with Crippen LogP contribution in [0.2, 0.25) is 0 Å². The highest BCUT2D eigenvalue weighted by Gasteiger charge is 2.40. The molecule has 0 fully saturated rings. The van der Waals surface area contributed by atoms with E-state index in [0.29, 0.717) is 22.7 Å². The van der Waals surface area contributed by atoms with Crippen LogP contribution in [0.25, 0.3) is 0 Å². The number of benzene rings is 2. The summed E-state index contributed by atoms with van der Waals surface area (Å²) in [6.45, 7) is 2.08. The Bertz CT molecular complexity index is 821. The first-order valence-corrected chi connectivity index (χ1v) is 7.90. The number of para-hydroxylation sites is 1. The maximum absolute atomic E-state index is 13.3. The van der Waals surface area contributed by atoms with Crippen LogP contribution in [-0.2, 0) is 6.42 Å². The molecule has 0 aromatic heterocycles. The van der Waals surface area contributed by atoms with E-state index in [1.807, 2.05) is 23.1 Å². The minimum atomic E-state index is -0.0429. The Balaban J connectivity index is 1.87. The Kier molecular flexibility index (Phi) is 3.35. The first kappa shape index (κ1) is 14.8. The zero-order valence-corrected chi connectivity index (χ0v) is 13.6. The van der Waals surface area contributed by atoms with Crippen LogP contribution < -0.4 is 25.7 Å². The van der Waals surface area contributed by atoms with Gasteiger partial charge in [0.05, 0.1) is 24.4 Å². The zero-order chi connectivity index (χ0) is 16.8. The van der Waals surface area contributed by atoms with Crippen molar-refractivity contribution >= 4 is 17.3 Å². The molecule has 0 spiro atoms. The molecule has 2 unspecified atom stereocenters. The van der Waals surface area contributed by atoms with Crippen molar-refractivity contribution < 1.29 is 14.4 Å². The van der Waals surface area contributed by atoms with Gasteiger partial charge in [-0.05, 0) is 31.0 Å². The highest BCUT2D eigenvalue weighted by atomic mass is 16.6. The maximum Gasteiger partial charge on any atom is 0.260 e. The molecule has 24 heavy (non-hydrogen) atoms. The maximum atomic E-state index is 13.3. The van der Waals surface area contributed by atoms with Crippen molar-refractivity contribution in [3.8, 4) is 11.5 Å². The molecule has 2 aromatic rings. The molecule has 2 aromatic carbocycles. The Morgan fingerprint density at radius 1 is 1.25 bits per heavy atom. The number of nitrogens with two attached hydrogens (primary N) is 1. The van der Waals surface area contributed by atoms with Crippen LogP contribution in [0.4, 0.5) is 11.4 Å². The SMILES string of the molecule is COc1cc2c(cc1ON)NC(C)C1Cc3ccccc3N1C2=O. The second-order valence-electron chi connectivity index (χ2n) is 6.17. The van der Waals surface area contributed by atoms with Crippen LogP contribution in [0, 0.1) is 0 Å². The van der Waals surface area contributed by atoms with Gasteiger partial charge in [0, 0.05) is 17.8 Å². The van der Waals surface area contributed by atoms with Gasteiger partial charge in [0.15, 0.2) is 11.5 Å². The van der Waals surface area contributed by atoms with Gasteiger partial charge >= 0.3 is 0 Å². The largest absolute Gasteiger partial charge is 0.493 e. The Morgan fingerprint density at radius 2 is 2.04 bits per heavy atom. The molecule has 2 aliphatic heterocycles. The first-order valence-electron chi connectivity index (χ1n) is 7.90. The number of nitrogens with zero attached hydrogens (tertiary/aromatic N) is 1. The molecular weight excluding hydrogens is 306 g/mol. The number of anilines is 2. The normalized spacial score (nSPS) is 21.3.